The highest BCUT2D eigenvalue weighted by molar-refractivity contribution is 5.94. The Morgan fingerprint density at radius 1 is 0.886 bits per heavy atom. The number of amides is 2. The van der Waals surface area contributed by atoms with Crippen molar-refractivity contribution in [1.29, 1.82) is 0 Å². The van der Waals surface area contributed by atoms with Gasteiger partial charge < -0.3 is 30.4 Å². The number of epoxide rings is 1. The van der Waals surface area contributed by atoms with Gasteiger partial charge in [0.2, 0.25) is 5.91 Å². The summed E-state index contributed by atoms with van der Waals surface area (Å²) in [5.74, 6) is -0.492. The molecule has 44 heavy (non-hydrogen) atoms. The van der Waals surface area contributed by atoms with E-state index in [4.69, 9.17) is 9.47 Å². The fourth-order valence-corrected chi connectivity index (χ4v) is 5.09. The van der Waals surface area contributed by atoms with E-state index in [9.17, 15) is 14.4 Å². The number of rotatable bonds is 14. The number of nitrogens with one attached hydrogen (secondary N) is 4. The van der Waals surface area contributed by atoms with Crippen molar-refractivity contribution in [2.45, 2.75) is 57.0 Å². The van der Waals surface area contributed by atoms with Crippen LogP contribution in [0.1, 0.15) is 30.5 Å². The second-order valence-corrected chi connectivity index (χ2v) is 11.3. The first-order chi connectivity index (χ1) is 21.2. The molecule has 0 spiro atoms. The molecule has 1 fully saturated rings. The quantitative estimate of drug-likeness (QED) is 0.158. The minimum atomic E-state index is -0.892. The van der Waals surface area contributed by atoms with E-state index in [1.165, 1.54) is 0 Å². The van der Waals surface area contributed by atoms with E-state index in [-0.39, 0.29) is 12.4 Å². The molecule has 9 nitrogen and oxygen atoms in total. The third-order valence-electron chi connectivity index (χ3n) is 7.83. The molecule has 0 aliphatic carbocycles. The molecule has 2 heterocycles. The van der Waals surface area contributed by atoms with Gasteiger partial charge in [0.05, 0.1) is 18.7 Å². The molecule has 228 valence electrons. The highest BCUT2D eigenvalue weighted by Crippen LogP contribution is 2.29. The van der Waals surface area contributed by atoms with Crippen LogP contribution in [0.4, 0.5) is 4.79 Å². The van der Waals surface area contributed by atoms with E-state index < -0.39 is 35.7 Å². The van der Waals surface area contributed by atoms with E-state index in [0.717, 1.165) is 27.6 Å². The number of Topliss-reactive ketones (excluding diaryl/α,β-unsaturated/α-hetero) is 1. The number of aromatic nitrogens is 1. The summed E-state index contributed by atoms with van der Waals surface area (Å²) in [6, 6.07) is 24.8. The van der Waals surface area contributed by atoms with Crippen LogP contribution in [0.2, 0.25) is 0 Å². The lowest BCUT2D eigenvalue weighted by Crippen LogP contribution is -2.53. The van der Waals surface area contributed by atoms with Gasteiger partial charge in [-0.3, -0.25) is 9.59 Å². The van der Waals surface area contributed by atoms with Gasteiger partial charge in [0.1, 0.15) is 18.2 Å². The number of fused-ring (bicyclic) bond motifs is 1. The van der Waals surface area contributed by atoms with Gasteiger partial charge in [0.15, 0.2) is 5.78 Å². The van der Waals surface area contributed by atoms with Crippen molar-refractivity contribution in [3.63, 3.8) is 0 Å². The van der Waals surface area contributed by atoms with Crippen LogP contribution in [0, 0.1) is 0 Å². The normalized spacial score (nSPS) is 17.6. The molecular weight excluding hydrogens is 556 g/mol. The molecule has 0 radical (unpaired) electrons. The molecule has 0 bridgehead atoms. The lowest BCUT2D eigenvalue weighted by molar-refractivity contribution is -0.125. The lowest BCUT2D eigenvalue weighted by atomic mass is 9.93. The van der Waals surface area contributed by atoms with E-state index in [2.05, 4.69) is 27.5 Å². The van der Waals surface area contributed by atoms with E-state index in [0.29, 0.717) is 25.1 Å². The predicted molar refractivity (Wildman–Crippen MR) is 169 cm³/mol. The number of ketones is 1. The zero-order valence-electron chi connectivity index (χ0n) is 25.0. The molecule has 4 N–H and O–H groups in total. The topological polar surface area (TPSA) is 125 Å². The first-order valence-electron chi connectivity index (χ1n) is 14.7. The van der Waals surface area contributed by atoms with Gasteiger partial charge in [-0.25, -0.2) is 4.79 Å². The number of carbonyl (C=O) groups excluding carboxylic acids is 3. The third-order valence-corrected chi connectivity index (χ3v) is 7.83. The van der Waals surface area contributed by atoms with Gasteiger partial charge in [-0.15, -0.1) is 0 Å². The Morgan fingerprint density at radius 2 is 1.52 bits per heavy atom. The molecule has 1 saturated heterocycles. The summed E-state index contributed by atoms with van der Waals surface area (Å²) in [5.41, 5.74) is 3.39. The summed E-state index contributed by atoms with van der Waals surface area (Å²) < 4.78 is 10.8. The summed E-state index contributed by atoms with van der Waals surface area (Å²) in [5, 5.41) is 9.99. The summed E-state index contributed by atoms with van der Waals surface area (Å²) in [6.07, 6.45) is 2.03. The van der Waals surface area contributed by atoms with Crippen LogP contribution in [-0.4, -0.2) is 53.1 Å². The molecule has 1 aromatic heterocycles. The number of para-hydroxylation sites is 1. The standard InChI is InChI=1S/C35H38N4O5/c1-23(37-31(32(40)35(3)22-44-35)18-25-12-6-4-7-13-25)30(19-27-20-36-29-17-11-10-16-28(27)29)39-33(41)24(2)38-34(42)43-21-26-14-8-5-9-15-26/h4-17,20,24,30-31,36-37H,1,18-19,21-22H2,2-3H3,(H,38,42)(H,39,41)/t24-,30-,31-,35+/m0/s1. The van der Waals surface area contributed by atoms with Crippen LogP contribution in [-0.2, 0) is 38.5 Å². The number of ether oxygens (including phenoxy) is 2. The van der Waals surface area contributed by atoms with Gasteiger partial charge in [-0.05, 0) is 43.0 Å². The van der Waals surface area contributed by atoms with Crippen LogP contribution >= 0.6 is 0 Å². The zero-order chi connectivity index (χ0) is 31.1. The number of aromatic amines is 1. The van der Waals surface area contributed by atoms with Gasteiger partial charge in [-0.2, -0.15) is 0 Å². The van der Waals surface area contributed by atoms with Crippen molar-refractivity contribution >= 4 is 28.7 Å². The Morgan fingerprint density at radius 3 is 2.20 bits per heavy atom. The summed E-state index contributed by atoms with van der Waals surface area (Å²) in [6.45, 7) is 8.10. The zero-order valence-corrected chi connectivity index (χ0v) is 25.0. The minimum absolute atomic E-state index is 0.0733. The molecule has 4 aromatic rings. The van der Waals surface area contributed by atoms with E-state index in [1.807, 2.05) is 91.1 Å². The van der Waals surface area contributed by atoms with Crippen molar-refractivity contribution < 1.29 is 23.9 Å². The Hall–Kier alpha value is -4.89. The van der Waals surface area contributed by atoms with Crippen molar-refractivity contribution in [2.75, 3.05) is 6.61 Å². The smallest absolute Gasteiger partial charge is 0.408 e. The Kier molecular flexibility index (Phi) is 9.45. The van der Waals surface area contributed by atoms with Crippen molar-refractivity contribution in [3.05, 3.63) is 120 Å². The second-order valence-electron chi connectivity index (χ2n) is 11.3. The molecular formula is C35H38N4O5. The van der Waals surface area contributed by atoms with Gasteiger partial charge >= 0.3 is 6.09 Å². The first kappa shape index (κ1) is 30.6. The van der Waals surface area contributed by atoms with Gasteiger partial charge in [0, 0.05) is 29.2 Å². The highest BCUT2D eigenvalue weighted by Gasteiger charge is 2.50. The first-order valence-corrected chi connectivity index (χ1v) is 14.7. The molecule has 5 rings (SSSR count). The average Bonchev–Trinajstić information content (AvgIpc) is 3.67. The molecule has 4 atom stereocenters. The van der Waals surface area contributed by atoms with Crippen LogP contribution in [0.25, 0.3) is 10.9 Å². The number of hydrogen-bond donors (Lipinski definition) is 4. The number of benzene rings is 3. The van der Waals surface area contributed by atoms with Crippen molar-refractivity contribution in [1.82, 2.24) is 20.9 Å². The summed E-state index contributed by atoms with van der Waals surface area (Å²) in [7, 11) is 0. The Bertz CT molecular complexity index is 1610. The van der Waals surface area contributed by atoms with E-state index >= 15 is 0 Å². The number of hydrogen-bond acceptors (Lipinski definition) is 6. The molecule has 0 unspecified atom stereocenters. The summed E-state index contributed by atoms with van der Waals surface area (Å²) in [4.78, 5) is 42.6. The maximum Gasteiger partial charge on any atom is 0.408 e. The van der Waals surface area contributed by atoms with Crippen LogP contribution < -0.4 is 16.0 Å². The fraction of sp³-hybridized carbons (Fsp3) is 0.286. The van der Waals surface area contributed by atoms with Crippen LogP contribution in [0.5, 0.6) is 0 Å². The maximum atomic E-state index is 13.5. The average molecular weight is 595 g/mol. The highest BCUT2D eigenvalue weighted by atomic mass is 16.6. The lowest BCUT2D eigenvalue weighted by Gasteiger charge is -2.28. The Balaban J connectivity index is 1.31. The van der Waals surface area contributed by atoms with Crippen molar-refractivity contribution in [3.8, 4) is 0 Å². The largest absolute Gasteiger partial charge is 0.445 e. The summed E-state index contributed by atoms with van der Waals surface area (Å²) >= 11 is 0. The number of carbonyl (C=O) groups is 3. The molecule has 0 saturated carbocycles. The molecule has 1 aliphatic heterocycles. The monoisotopic (exact) mass is 594 g/mol. The third kappa shape index (κ3) is 7.73. The maximum absolute atomic E-state index is 13.5. The fourth-order valence-electron chi connectivity index (χ4n) is 5.09. The SMILES string of the molecule is C=C(N[C@@H](Cc1ccccc1)C(=O)[C@@]1(C)CO1)[C@H](Cc1c[nH]c2ccccc12)NC(=O)[C@H](C)NC(=O)OCc1ccccc1. The van der Waals surface area contributed by atoms with E-state index in [1.54, 1.807) is 13.8 Å². The van der Waals surface area contributed by atoms with Crippen LogP contribution in [0.3, 0.4) is 0 Å². The predicted octanol–water partition coefficient (Wildman–Crippen LogP) is 4.58. The molecule has 2 amide bonds. The van der Waals surface area contributed by atoms with Crippen LogP contribution in [0.15, 0.2) is 103 Å². The Labute approximate surface area is 257 Å². The molecule has 3 aromatic carbocycles. The molecule has 1 aliphatic rings. The molecule has 9 heteroatoms. The van der Waals surface area contributed by atoms with Crippen molar-refractivity contribution in [2.24, 2.45) is 0 Å². The minimum Gasteiger partial charge on any atom is -0.445 e. The number of alkyl carbamates (subject to hydrolysis) is 1. The second kappa shape index (κ2) is 13.6. The van der Waals surface area contributed by atoms with Gasteiger partial charge in [0.25, 0.3) is 0 Å². The van der Waals surface area contributed by atoms with Gasteiger partial charge in [-0.1, -0.05) is 85.4 Å². The number of H-pyrrole nitrogens is 1.